The van der Waals surface area contributed by atoms with Crippen molar-refractivity contribution >= 4 is 5.69 Å². The minimum atomic E-state index is -0.278. The summed E-state index contributed by atoms with van der Waals surface area (Å²) in [7, 11) is 3.26. The van der Waals surface area contributed by atoms with Gasteiger partial charge in [-0.2, -0.15) is 0 Å². The van der Waals surface area contributed by atoms with Gasteiger partial charge in [-0.05, 0) is 81.1 Å². The van der Waals surface area contributed by atoms with E-state index in [0.29, 0.717) is 18.8 Å². The van der Waals surface area contributed by atoms with Crippen molar-refractivity contribution in [3.8, 4) is 0 Å². The van der Waals surface area contributed by atoms with Crippen molar-refractivity contribution < 1.29 is 13.9 Å². The van der Waals surface area contributed by atoms with Gasteiger partial charge in [0.2, 0.25) is 0 Å². The smallest absolute Gasteiger partial charge is 0.157 e. The summed E-state index contributed by atoms with van der Waals surface area (Å²) < 4.78 is 25.5. The molecule has 4 rings (SSSR count). The minimum absolute atomic E-state index is 0.107. The fourth-order valence-corrected chi connectivity index (χ4v) is 5.41. The number of benzene rings is 1. The zero-order valence-corrected chi connectivity index (χ0v) is 18.1. The molecule has 1 aliphatic carbocycles. The van der Waals surface area contributed by atoms with Gasteiger partial charge in [-0.3, -0.25) is 4.90 Å². The molecule has 2 heterocycles. The Morgan fingerprint density at radius 2 is 1.79 bits per heavy atom. The van der Waals surface area contributed by atoms with E-state index < -0.39 is 0 Å². The van der Waals surface area contributed by atoms with Crippen LogP contribution in [0.5, 0.6) is 0 Å². The predicted octanol–water partition coefficient (Wildman–Crippen LogP) is 5.08. The molecular weight excluding hydrogens is 367 g/mol. The van der Waals surface area contributed by atoms with Crippen LogP contribution < -0.4 is 5.32 Å². The van der Waals surface area contributed by atoms with Crippen LogP contribution in [-0.4, -0.2) is 50.6 Å². The number of rotatable bonds is 9. The molecule has 1 aromatic carbocycles. The van der Waals surface area contributed by atoms with E-state index in [-0.39, 0.29) is 17.6 Å². The summed E-state index contributed by atoms with van der Waals surface area (Å²) in [5.41, 5.74) is 3.39. The predicted molar refractivity (Wildman–Crippen MR) is 115 cm³/mol. The summed E-state index contributed by atoms with van der Waals surface area (Å²) in [5, 5.41) is 3.72. The topological polar surface area (TPSA) is 33.7 Å². The van der Waals surface area contributed by atoms with Gasteiger partial charge in [-0.1, -0.05) is 18.9 Å². The average Bonchev–Trinajstić information content (AvgIpc) is 3.59. The second-order valence-corrected chi connectivity index (χ2v) is 9.22. The molecule has 3 fully saturated rings. The van der Waals surface area contributed by atoms with Gasteiger partial charge in [-0.25, -0.2) is 4.39 Å². The lowest BCUT2D eigenvalue weighted by atomic mass is 9.79. The summed E-state index contributed by atoms with van der Waals surface area (Å²) in [6, 6.07) is 3.86. The first-order valence-electron chi connectivity index (χ1n) is 11.5. The molecule has 0 atom stereocenters. The van der Waals surface area contributed by atoms with Crippen LogP contribution in [0.4, 0.5) is 10.1 Å². The summed E-state index contributed by atoms with van der Waals surface area (Å²) in [4.78, 5) is 2.71. The Morgan fingerprint density at radius 3 is 2.41 bits per heavy atom. The maximum atomic E-state index is 14.9. The van der Waals surface area contributed by atoms with E-state index >= 15 is 0 Å². The molecule has 2 saturated heterocycles. The average molecular weight is 405 g/mol. The molecular formula is C24H37FN2O2. The standard InChI is InChI=1S/C24H37FN2O2/c1-28-23(29-2)10-9-19-15-20(18-7-8-18)22(16-21(19)25)26-17-24-11-3-5-13-27(24)14-6-4-12-24/h15-16,18,23,26H,3-14,17H2,1-2H3. The number of piperidine rings is 2. The lowest BCUT2D eigenvalue weighted by Gasteiger charge is -2.50. The largest absolute Gasteiger partial charge is 0.383 e. The van der Waals surface area contributed by atoms with Crippen LogP contribution in [0, 0.1) is 5.82 Å². The third-order valence-electron chi connectivity index (χ3n) is 7.33. The lowest BCUT2D eigenvalue weighted by molar-refractivity contribution is -0.105. The molecule has 29 heavy (non-hydrogen) atoms. The number of nitrogens with one attached hydrogen (secondary N) is 1. The normalized spacial score (nSPS) is 21.9. The molecule has 5 heteroatoms. The van der Waals surface area contributed by atoms with Crippen molar-refractivity contribution in [3.05, 3.63) is 29.1 Å². The Morgan fingerprint density at radius 1 is 1.10 bits per heavy atom. The van der Waals surface area contributed by atoms with Gasteiger partial charge >= 0.3 is 0 Å². The highest BCUT2D eigenvalue weighted by atomic mass is 19.1. The zero-order valence-electron chi connectivity index (χ0n) is 18.1. The molecule has 1 saturated carbocycles. The first-order valence-corrected chi connectivity index (χ1v) is 11.5. The van der Waals surface area contributed by atoms with E-state index in [4.69, 9.17) is 9.47 Å². The molecule has 0 bridgehead atoms. The number of ether oxygens (including phenoxy) is 2. The van der Waals surface area contributed by atoms with Gasteiger partial charge < -0.3 is 14.8 Å². The number of anilines is 1. The monoisotopic (exact) mass is 404 g/mol. The van der Waals surface area contributed by atoms with Crippen LogP contribution in [0.15, 0.2) is 12.1 Å². The third-order valence-corrected chi connectivity index (χ3v) is 7.33. The molecule has 0 radical (unpaired) electrons. The Bertz CT molecular complexity index is 676. The van der Waals surface area contributed by atoms with Gasteiger partial charge in [0.25, 0.3) is 0 Å². The van der Waals surface area contributed by atoms with E-state index in [9.17, 15) is 4.39 Å². The van der Waals surface area contributed by atoms with Gasteiger partial charge in [0.15, 0.2) is 6.29 Å². The van der Waals surface area contributed by atoms with Crippen LogP contribution in [0.3, 0.4) is 0 Å². The van der Waals surface area contributed by atoms with Gasteiger partial charge in [0, 0.05) is 38.4 Å². The highest BCUT2D eigenvalue weighted by Gasteiger charge is 2.40. The fourth-order valence-electron chi connectivity index (χ4n) is 5.41. The van der Waals surface area contributed by atoms with Crippen molar-refractivity contribution in [3.63, 3.8) is 0 Å². The first-order chi connectivity index (χ1) is 14.1. The molecule has 2 aliphatic heterocycles. The van der Waals surface area contributed by atoms with Crippen LogP contribution in [0.1, 0.15) is 74.8 Å². The lowest BCUT2D eigenvalue weighted by Crippen LogP contribution is -2.58. The molecule has 1 N–H and O–H groups in total. The molecule has 0 unspecified atom stereocenters. The third kappa shape index (κ3) is 4.78. The molecule has 4 nitrogen and oxygen atoms in total. The van der Waals surface area contributed by atoms with Gasteiger partial charge in [0.05, 0.1) is 0 Å². The van der Waals surface area contributed by atoms with Crippen LogP contribution in [-0.2, 0) is 15.9 Å². The summed E-state index contributed by atoms with van der Waals surface area (Å²) in [5.74, 6) is 0.480. The number of aryl methyl sites for hydroxylation is 1. The summed E-state index contributed by atoms with van der Waals surface area (Å²) in [6.45, 7) is 3.40. The maximum Gasteiger partial charge on any atom is 0.157 e. The number of methoxy groups -OCH3 is 2. The minimum Gasteiger partial charge on any atom is -0.383 e. The SMILES string of the molecule is COC(CCc1cc(C2CC2)c(NCC23CCCCN2CCCC3)cc1F)OC. The molecule has 1 aromatic rings. The maximum absolute atomic E-state index is 14.9. The molecule has 0 spiro atoms. The molecule has 162 valence electrons. The van der Waals surface area contributed by atoms with Crippen LogP contribution in [0.25, 0.3) is 0 Å². The van der Waals surface area contributed by atoms with Crippen molar-refractivity contribution in [2.45, 2.75) is 82.0 Å². The molecule has 0 aromatic heterocycles. The van der Waals surface area contributed by atoms with Crippen LogP contribution in [0.2, 0.25) is 0 Å². The number of fused-ring (bicyclic) bond motifs is 1. The highest BCUT2D eigenvalue weighted by Crippen LogP contribution is 2.45. The number of halogens is 1. The number of hydrogen-bond acceptors (Lipinski definition) is 4. The second-order valence-electron chi connectivity index (χ2n) is 9.22. The van der Waals surface area contributed by atoms with Crippen molar-refractivity contribution in [2.24, 2.45) is 0 Å². The molecule has 3 aliphatic rings. The van der Waals surface area contributed by atoms with Crippen molar-refractivity contribution in [1.29, 1.82) is 0 Å². The fraction of sp³-hybridized carbons (Fsp3) is 0.750. The van der Waals surface area contributed by atoms with Crippen LogP contribution >= 0.6 is 0 Å². The van der Waals surface area contributed by atoms with E-state index in [1.54, 1.807) is 20.3 Å². The van der Waals surface area contributed by atoms with E-state index in [2.05, 4.69) is 16.3 Å². The summed E-state index contributed by atoms with van der Waals surface area (Å²) in [6.07, 6.45) is 11.3. The second kappa shape index (κ2) is 9.32. The number of nitrogens with zero attached hydrogens (tertiary/aromatic N) is 1. The van der Waals surface area contributed by atoms with E-state index in [0.717, 1.165) is 17.8 Å². The Labute approximate surface area is 175 Å². The number of hydrogen-bond donors (Lipinski definition) is 1. The van der Waals surface area contributed by atoms with Crippen molar-refractivity contribution in [1.82, 2.24) is 4.90 Å². The zero-order chi connectivity index (χ0) is 20.3. The first kappa shape index (κ1) is 21.1. The Kier molecular flexibility index (Phi) is 6.77. The Balaban J connectivity index is 1.49. The van der Waals surface area contributed by atoms with Gasteiger partial charge in [0.1, 0.15) is 5.82 Å². The van der Waals surface area contributed by atoms with E-state index in [1.807, 2.05) is 0 Å². The van der Waals surface area contributed by atoms with E-state index in [1.165, 1.54) is 70.0 Å². The molecule has 0 amide bonds. The Hall–Kier alpha value is -1.17. The summed E-state index contributed by atoms with van der Waals surface area (Å²) >= 11 is 0. The van der Waals surface area contributed by atoms with Crippen molar-refractivity contribution in [2.75, 3.05) is 39.2 Å². The van der Waals surface area contributed by atoms with Gasteiger partial charge in [-0.15, -0.1) is 0 Å². The quantitative estimate of drug-likeness (QED) is 0.582. The highest BCUT2D eigenvalue weighted by molar-refractivity contribution is 5.56.